The maximum absolute atomic E-state index is 13.7. The molecule has 0 saturated carbocycles. The van der Waals surface area contributed by atoms with Crippen molar-refractivity contribution in [3.63, 3.8) is 0 Å². The lowest BCUT2D eigenvalue weighted by molar-refractivity contribution is -0.138. The quantitative estimate of drug-likeness (QED) is 0.156. The molecule has 14 heteroatoms. The summed E-state index contributed by atoms with van der Waals surface area (Å²) in [5, 5.41) is 31.6. The predicted molar refractivity (Wildman–Crippen MR) is 158 cm³/mol. The van der Waals surface area contributed by atoms with Gasteiger partial charge in [-0.3, -0.25) is 9.36 Å². The second kappa shape index (κ2) is 13.8. The molecule has 1 fully saturated rings. The number of fused-ring (bicyclic) bond motifs is 1. The first-order valence-corrected chi connectivity index (χ1v) is 14.2. The molecule has 6 atom stereocenters. The van der Waals surface area contributed by atoms with Gasteiger partial charge in [-0.2, -0.15) is 0 Å². The zero-order valence-electron chi connectivity index (χ0n) is 23.8. The van der Waals surface area contributed by atoms with Gasteiger partial charge < -0.3 is 41.2 Å². The van der Waals surface area contributed by atoms with E-state index in [-0.39, 0.29) is 38.2 Å². The molecular formula is C30H35N7O7. The van der Waals surface area contributed by atoms with Crippen LogP contribution in [0.25, 0.3) is 11.2 Å². The smallest absolute Gasteiger partial charge is 0.410 e. The van der Waals surface area contributed by atoms with Crippen molar-refractivity contribution in [1.29, 1.82) is 0 Å². The molecule has 4 aromatic rings. The van der Waals surface area contributed by atoms with Crippen molar-refractivity contribution in [2.24, 2.45) is 5.73 Å². The maximum Gasteiger partial charge on any atom is 0.410 e. The fourth-order valence-electron chi connectivity index (χ4n) is 5.30. The number of hydrogen-bond acceptors (Lipinski definition) is 11. The number of nitrogen functional groups attached to an aromatic ring is 1. The number of nitrogens with zero attached hydrogens (tertiary/aromatic N) is 5. The van der Waals surface area contributed by atoms with E-state index in [1.54, 1.807) is 0 Å². The van der Waals surface area contributed by atoms with Crippen molar-refractivity contribution < 1.29 is 34.4 Å². The zero-order chi connectivity index (χ0) is 31.2. The van der Waals surface area contributed by atoms with E-state index in [0.29, 0.717) is 11.2 Å². The molecule has 7 N–H and O–H groups in total. The number of rotatable bonds is 12. The number of benzene rings is 2. The molecule has 0 radical (unpaired) electrons. The molecule has 0 bridgehead atoms. The van der Waals surface area contributed by atoms with Crippen LogP contribution in [0.3, 0.4) is 0 Å². The van der Waals surface area contributed by atoms with Crippen LogP contribution >= 0.6 is 0 Å². The van der Waals surface area contributed by atoms with E-state index < -0.39 is 48.7 Å². The summed E-state index contributed by atoms with van der Waals surface area (Å²) in [6, 6.07) is 16.6. The van der Waals surface area contributed by atoms with E-state index in [1.807, 2.05) is 60.7 Å². The summed E-state index contributed by atoms with van der Waals surface area (Å²) in [6.45, 7) is 0.160. The number of carbonyl (C=O) groups is 2. The molecule has 5 rings (SSSR count). The van der Waals surface area contributed by atoms with Crippen LogP contribution in [0.15, 0.2) is 73.3 Å². The van der Waals surface area contributed by atoms with E-state index in [1.165, 1.54) is 22.1 Å². The van der Waals surface area contributed by atoms with Gasteiger partial charge in [-0.25, -0.2) is 19.7 Å². The number of aliphatic carboxylic acids is 1. The van der Waals surface area contributed by atoms with Gasteiger partial charge in [0.25, 0.3) is 0 Å². The molecule has 14 nitrogen and oxygen atoms in total. The fraction of sp³-hybridized carbons (Fsp3) is 0.367. The van der Waals surface area contributed by atoms with Crippen molar-refractivity contribution >= 4 is 29.0 Å². The lowest BCUT2D eigenvalue weighted by Crippen LogP contribution is -2.45. The zero-order valence-corrected chi connectivity index (χ0v) is 23.8. The van der Waals surface area contributed by atoms with Crippen molar-refractivity contribution in [3.05, 3.63) is 84.4 Å². The number of carboxylic acid groups (broad SMARTS) is 1. The largest absolute Gasteiger partial charge is 0.480 e. The molecule has 0 unspecified atom stereocenters. The number of nitrogens with two attached hydrogens (primary N) is 2. The molecule has 1 aliphatic rings. The first-order chi connectivity index (χ1) is 21.2. The number of carbonyl (C=O) groups excluding carboxylic acids is 1. The molecule has 2 aromatic heterocycles. The maximum atomic E-state index is 13.7. The molecule has 3 heterocycles. The van der Waals surface area contributed by atoms with Crippen molar-refractivity contribution in [2.45, 2.75) is 69.0 Å². The SMILES string of the molecule is Nc1ncnc2c1ncn2[C@@H]1O[C@H](C[C@H](CC[C@H](N)C(=O)O)N(Cc2ccccc2)C(=O)OCc2ccccc2)[C@@H](O)[C@H]1O. The van der Waals surface area contributed by atoms with Crippen LogP contribution in [0.5, 0.6) is 0 Å². The van der Waals surface area contributed by atoms with Crippen LogP contribution in [-0.2, 0) is 27.4 Å². The third kappa shape index (κ3) is 6.94. The normalized spacial score (nSPS) is 21.2. The number of anilines is 1. The molecule has 1 aliphatic heterocycles. The molecule has 1 amide bonds. The Labute approximate surface area is 252 Å². The van der Waals surface area contributed by atoms with Crippen LogP contribution in [0, 0.1) is 0 Å². The molecule has 0 spiro atoms. The summed E-state index contributed by atoms with van der Waals surface area (Å²) in [5.74, 6) is -1.02. The number of aliphatic hydroxyl groups excluding tert-OH is 2. The average molecular weight is 606 g/mol. The standard InChI is InChI=1S/C30H35N7O7/c31-21(29(40)41)12-11-20(36(14-18-7-3-1-4-8-18)30(42)43-15-19-9-5-2-6-10-19)13-22-24(38)25(39)28(44-22)37-17-35-23-26(32)33-16-34-27(23)37/h1-10,16-17,20-22,24-25,28,38-39H,11-15,31H2,(H,40,41)(H2,32,33,34)/t20-,21-,22+,24+,25+,28+/m0/s1. The van der Waals surface area contributed by atoms with E-state index >= 15 is 0 Å². The van der Waals surface area contributed by atoms with Crippen molar-refractivity contribution in [2.75, 3.05) is 5.73 Å². The monoisotopic (exact) mass is 605 g/mol. The van der Waals surface area contributed by atoms with Gasteiger partial charge in [0.05, 0.1) is 12.4 Å². The Bertz CT molecular complexity index is 1560. The van der Waals surface area contributed by atoms with Crippen molar-refractivity contribution in [3.8, 4) is 0 Å². The molecule has 0 aliphatic carbocycles. The summed E-state index contributed by atoms with van der Waals surface area (Å²) in [4.78, 5) is 39.0. The number of hydrogen-bond donors (Lipinski definition) is 5. The van der Waals surface area contributed by atoms with Gasteiger partial charge in [-0.1, -0.05) is 60.7 Å². The number of aliphatic hydroxyl groups is 2. The van der Waals surface area contributed by atoms with Gasteiger partial charge in [0.2, 0.25) is 0 Å². The van der Waals surface area contributed by atoms with Gasteiger partial charge in [0.15, 0.2) is 17.7 Å². The Kier molecular flexibility index (Phi) is 9.65. The first-order valence-electron chi connectivity index (χ1n) is 14.2. The third-order valence-corrected chi connectivity index (χ3v) is 7.71. The van der Waals surface area contributed by atoms with Gasteiger partial charge in [-0.05, 0) is 30.4 Å². The lowest BCUT2D eigenvalue weighted by Gasteiger charge is -2.34. The third-order valence-electron chi connectivity index (χ3n) is 7.71. The van der Waals surface area contributed by atoms with E-state index in [0.717, 1.165) is 11.1 Å². The van der Waals surface area contributed by atoms with Crippen LogP contribution < -0.4 is 11.5 Å². The highest BCUT2D eigenvalue weighted by Crippen LogP contribution is 2.35. The molecule has 2 aromatic carbocycles. The fourth-order valence-corrected chi connectivity index (χ4v) is 5.30. The first kappa shape index (κ1) is 30.8. The summed E-state index contributed by atoms with van der Waals surface area (Å²) >= 11 is 0. The minimum Gasteiger partial charge on any atom is -0.480 e. The van der Waals surface area contributed by atoms with Crippen LogP contribution in [0.2, 0.25) is 0 Å². The Morgan fingerprint density at radius 2 is 1.66 bits per heavy atom. The number of ether oxygens (including phenoxy) is 2. The van der Waals surface area contributed by atoms with Crippen LogP contribution in [0.4, 0.5) is 10.6 Å². The number of aromatic nitrogens is 4. The summed E-state index contributed by atoms with van der Waals surface area (Å²) in [5.41, 5.74) is 14.0. The minimum atomic E-state index is -1.37. The Morgan fingerprint density at radius 1 is 0.977 bits per heavy atom. The Hall–Kier alpha value is -4.63. The second-order valence-corrected chi connectivity index (χ2v) is 10.7. The summed E-state index contributed by atoms with van der Waals surface area (Å²) < 4.78 is 13.3. The number of carboxylic acids is 1. The lowest BCUT2D eigenvalue weighted by atomic mass is 9.96. The summed E-state index contributed by atoms with van der Waals surface area (Å²) in [6.07, 6.45) is -2.50. The molecule has 232 valence electrons. The van der Waals surface area contributed by atoms with E-state index in [4.69, 9.17) is 20.9 Å². The van der Waals surface area contributed by atoms with Gasteiger partial charge in [-0.15, -0.1) is 0 Å². The van der Waals surface area contributed by atoms with Gasteiger partial charge in [0.1, 0.15) is 36.7 Å². The highest BCUT2D eigenvalue weighted by atomic mass is 16.6. The number of imidazole rings is 1. The van der Waals surface area contributed by atoms with Crippen molar-refractivity contribution in [1.82, 2.24) is 24.4 Å². The van der Waals surface area contributed by atoms with Gasteiger partial charge in [0, 0.05) is 12.6 Å². The van der Waals surface area contributed by atoms with Crippen LogP contribution in [0.1, 0.15) is 36.6 Å². The highest BCUT2D eigenvalue weighted by Gasteiger charge is 2.46. The van der Waals surface area contributed by atoms with Gasteiger partial charge >= 0.3 is 12.1 Å². The molecule has 44 heavy (non-hydrogen) atoms. The van der Waals surface area contributed by atoms with E-state index in [2.05, 4.69) is 15.0 Å². The molecular weight excluding hydrogens is 570 g/mol. The topological polar surface area (TPSA) is 212 Å². The summed E-state index contributed by atoms with van der Waals surface area (Å²) in [7, 11) is 0. The van der Waals surface area contributed by atoms with Crippen LogP contribution in [-0.4, -0.2) is 82.2 Å². The average Bonchev–Trinajstić information content (AvgIpc) is 3.58. The number of amides is 1. The second-order valence-electron chi connectivity index (χ2n) is 10.7. The Balaban J connectivity index is 1.41. The van der Waals surface area contributed by atoms with E-state index in [9.17, 15) is 24.9 Å². The highest BCUT2D eigenvalue weighted by molar-refractivity contribution is 5.81. The minimum absolute atomic E-state index is 0.0222. The predicted octanol–water partition coefficient (Wildman–Crippen LogP) is 1.82. The molecule has 1 saturated heterocycles. The Morgan fingerprint density at radius 3 is 2.34 bits per heavy atom.